The van der Waals surface area contributed by atoms with Crippen molar-refractivity contribution in [1.29, 1.82) is 0 Å². The van der Waals surface area contributed by atoms with Crippen LogP contribution in [-0.4, -0.2) is 72.0 Å². The lowest BCUT2D eigenvalue weighted by Crippen LogP contribution is -2.69. The Balaban J connectivity index is 1.64. The molecule has 1 aliphatic rings. The predicted octanol–water partition coefficient (Wildman–Crippen LogP) is -1.33. The Morgan fingerprint density at radius 3 is 2.55 bits per heavy atom. The van der Waals surface area contributed by atoms with Crippen LogP contribution < -0.4 is 22.1 Å². The normalized spacial score (nSPS) is 14.9. The zero-order valence-electron chi connectivity index (χ0n) is 17.6. The second kappa shape index (κ2) is 10.3. The van der Waals surface area contributed by atoms with E-state index in [1.165, 1.54) is 24.3 Å². The van der Waals surface area contributed by atoms with E-state index < -0.39 is 38.9 Å². The maximum absolute atomic E-state index is 12.9. The predicted molar refractivity (Wildman–Crippen MR) is 121 cm³/mol. The van der Waals surface area contributed by atoms with Crippen molar-refractivity contribution in [3.05, 3.63) is 40.3 Å². The molecule has 178 valence electrons. The monoisotopic (exact) mass is 495 g/mol. The van der Waals surface area contributed by atoms with Gasteiger partial charge in [0.2, 0.25) is 5.25 Å². The van der Waals surface area contributed by atoms with Gasteiger partial charge in [0.25, 0.3) is 0 Å². The number of Topliss-reactive ketones (excluding diaryl/α,β-unsaturated/α-hetero) is 1. The highest BCUT2D eigenvalue weighted by Gasteiger charge is 2.51. The topological polar surface area (TPSA) is 203 Å². The molecule has 3 rings (SSSR count). The number of aromatic nitrogens is 2. The van der Waals surface area contributed by atoms with Gasteiger partial charge in [0.15, 0.2) is 27.2 Å². The third kappa shape index (κ3) is 5.90. The molecule has 2 aromatic rings. The number of aryl methyl sites for hydroxylation is 1. The molecule has 33 heavy (non-hydrogen) atoms. The number of benzene rings is 1. The summed E-state index contributed by atoms with van der Waals surface area (Å²) >= 11 is 1.16. The van der Waals surface area contributed by atoms with E-state index in [1.54, 1.807) is 6.07 Å². The smallest absolute Gasteiger partial charge is 0.326 e. The van der Waals surface area contributed by atoms with Gasteiger partial charge in [-0.25, -0.2) is 8.42 Å². The highest BCUT2D eigenvalue weighted by Crippen LogP contribution is 2.23. The summed E-state index contributed by atoms with van der Waals surface area (Å²) in [6, 6.07) is 6.86. The van der Waals surface area contributed by atoms with E-state index in [2.05, 4.69) is 25.8 Å². The van der Waals surface area contributed by atoms with E-state index in [-0.39, 0.29) is 9.90 Å². The fraction of sp³-hybridized carbons (Fsp3) is 0.421. The molecule has 0 bridgehead atoms. The van der Waals surface area contributed by atoms with Gasteiger partial charge in [-0.1, -0.05) is 18.2 Å². The molecule has 0 radical (unpaired) electrons. The van der Waals surface area contributed by atoms with Gasteiger partial charge in [0.05, 0.1) is 17.9 Å². The standard InChI is InChI=1S/C19H25N7O5S2/c20-19(21,16(17(28)29)33(30,31)12-5-2-1-3-6-12)13(27)11-15-26-25-14(32-15)7-4-8-22-18-23-9-10-24-18/h1-3,5-6,16H,4,7-11,20-21H2,(H,28,29)(H2,22,23,24)/t16-/m1/s1. The summed E-state index contributed by atoms with van der Waals surface area (Å²) in [4.78, 5) is 28.6. The first-order chi connectivity index (χ1) is 15.6. The number of carboxylic acids is 1. The number of carbonyl (C=O) groups is 2. The minimum Gasteiger partial charge on any atom is -0.480 e. The van der Waals surface area contributed by atoms with Gasteiger partial charge in [-0.05, 0) is 18.6 Å². The molecule has 0 aliphatic carbocycles. The van der Waals surface area contributed by atoms with E-state index in [9.17, 15) is 23.1 Å². The lowest BCUT2D eigenvalue weighted by Gasteiger charge is -2.29. The van der Waals surface area contributed by atoms with Crippen LogP contribution in [0.1, 0.15) is 16.4 Å². The van der Waals surface area contributed by atoms with Crippen LogP contribution in [0.4, 0.5) is 0 Å². The molecule has 0 saturated heterocycles. The van der Waals surface area contributed by atoms with Gasteiger partial charge in [0.1, 0.15) is 10.0 Å². The van der Waals surface area contributed by atoms with E-state index >= 15 is 0 Å². The minimum absolute atomic E-state index is 0.270. The summed E-state index contributed by atoms with van der Waals surface area (Å²) in [7, 11) is -4.54. The summed E-state index contributed by atoms with van der Waals surface area (Å²) in [5.74, 6) is -2.02. The summed E-state index contributed by atoms with van der Waals surface area (Å²) in [6.07, 6.45) is 0.914. The minimum atomic E-state index is -4.54. The van der Waals surface area contributed by atoms with E-state index in [4.69, 9.17) is 11.5 Å². The van der Waals surface area contributed by atoms with Crippen molar-refractivity contribution in [3.63, 3.8) is 0 Å². The Kier molecular flexibility index (Phi) is 7.73. The highest BCUT2D eigenvalue weighted by molar-refractivity contribution is 7.93. The van der Waals surface area contributed by atoms with Crippen LogP contribution in [0.25, 0.3) is 0 Å². The molecule has 7 N–H and O–H groups in total. The first kappa shape index (κ1) is 24.7. The number of carbonyl (C=O) groups excluding carboxylic acids is 1. The second-order valence-electron chi connectivity index (χ2n) is 7.39. The molecule has 14 heteroatoms. The summed E-state index contributed by atoms with van der Waals surface area (Å²) in [5.41, 5.74) is 9.01. The molecule has 1 atom stereocenters. The van der Waals surface area contributed by atoms with Crippen LogP contribution in [0.5, 0.6) is 0 Å². The number of nitrogens with one attached hydrogen (secondary N) is 2. The Hall–Kier alpha value is -2.94. The van der Waals surface area contributed by atoms with Crippen molar-refractivity contribution in [2.45, 2.75) is 35.1 Å². The first-order valence-electron chi connectivity index (χ1n) is 10.1. The van der Waals surface area contributed by atoms with E-state index in [0.29, 0.717) is 18.0 Å². The lowest BCUT2D eigenvalue weighted by atomic mass is 10.00. The van der Waals surface area contributed by atoms with Gasteiger partial charge in [-0.2, -0.15) is 0 Å². The van der Waals surface area contributed by atoms with E-state index in [0.717, 1.165) is 36.8 Å². The summed E-state index contributed by atoms with van der Waals surface area (Å²) in [5, 5.41) is 22.4. The van der Waals surface area contributed by atoms with E-state index in [1.807, 2.05) is 0 Å². The molecule has 0 amide bonds. The molecule has 0 spiro atoms. The lowest BCUT2D eigenvalue weighted by molar-refractivity contribution is -0.140. The molecule has 1 aliphatic heterocycles. The van der Waals surface area contributed by atoms with Crippen molar-refractivity contribution < 1.29 is 23.1 Å². The second-order valence-corrected chi connectivity index (χ2v) is 10.6. The van der Waals surface area contributed by atoms with Crippen LogP contribution in [0.3, 0.4) is 0 Å². The number of nitrogens with zero attached hydrogens (tertiary/aromatic N) is 3. The average molecular weight is 496 g/mol. The fourth-order valence-corrected chi connectivity index (χ4v) is 5.80. The quantitative estimate of drug-likeness (QED) is 0.182. The molecule has 0 fully saturated rings. The van der Waals surface area contributed by atoms with Gasteiger partial charge >= 0.3 is 5.97 Å². The van der Waals surface area contributed by atoms with Crippen LogP contribution >= 0.6 is 11.3 Å². The SMILES string of the molecule is NC(N)(C(=O)Cc1nnc(CCCNC2=NCCN2)s1)[C@@H](C(=O)O)S(=O)(=O)c1ccccc1. The number of hydrogen-bond donors (Lipinski definition) is 5. The van der Waals surface area contributed by atoms with Crippen molar-refractivity contribution in [3.8, 4) is 0 Å². The molecule has 1 aromatic heterocycles. The van der Waals surface area contributed by atoms with Gasteiger partial charge < -0.3 is 27.2 Å². The number of sulfone groups is 1. The van der Waals surface area contributed by atoms with Crippen LogP contribution in [0, 0.1) is 0 Å². The number of aliphatic imine (C=N–C) groups is 1. The Morgan fingerprint density at radius 2 is 1.91 bits per heavy atom. The van der Waals surface area contributed by atoms with Crippen LogP contribution in [-0.2, 0) is 32.3 Å². The molecule has 0 saturated carbocycles. The molecular weight excluding hydrogens is 470 g/mol. The molecular formula is C19H25N7O5S2. The summed E-state index contributed by atoms with van der Waals surface area (Å²) < 4.78 is 25.8. The van der Waals surface area contributed by atoms with Crippen LogP contribution in [0.2, 0.25) is 0 Å². The third-order valence-electron chi connectivity index (χ3n) is 4.88. The zero-order valence-corrected chi connectivity index (χ0v) is 19.2. The van der Waals surface area contributed by atoms with Crippen molar-refractivity contribution in [2.24, 2.45) is 16.5 Å². The van der Waals surface area contributed by atoms with Gasteiger partial charge in [-0.15, -0.1) is 21.5 Å². The third-order valence-corrected chi connectivity index (χ3v) is 8.00. The largest absolute Gasteiger partial charge is 0.480 e. The highest BCUT2D eigenvalue weighted by atomic mass is 32.2. The maximum atomic E-state index is 12.9. The van der Waals surface area contributed by atoms with Crippen molar-refractivity contribution in [2.75, 3.05) is 19.6 Å². The Labute approximate surface area is 194 Å². The number of aliphatic carboxylic acids is 1. The Bertz CT molecular complexity index is 1130. The average Bonchev–Trinajstić information content (AvgIpc) is 3.43. The number of guanidine groups is 1. The fourth-order valence-electron chi connectivity index (χ4n) is 3.20. The number of ketones is 1. The first-order valence-corrected chi connectivity index (χ1v) is 12.4. The van der Waals surface area contributed by atoms with Crippen LogP contribution in [0.15, 0.2) is 40.2 Å². The van der Waals surface area contributed by atoms with Crippen molar-refractivity contribution >= 4 is 38.9 Å². The van der Waals surface area contributed by atoms with Gasteiger partial charge in [0, 0.05) is 19.5 Å². The molecule has 0 unspecified atom stereocenters. The summed E-state index contributed by atoms with van der Waals surface area (Å²) in [6.45, 7) is 2.23. The zero-order chi connectivity index (χ0) is 24.1. The number of hydrogen-bond acceptors (Lipinski definition) is 12. The number of nitrogens with two attached hydrogens (primary N) is 2. The number of rotatable bonds is 11. The molecule has 12 nitrogen and oxygen atoms in total. The Morgan fingerprint density at radius 1 is 1.21 bits per heavy atom. The molecule has 1 aromatic carbocycles. The number of carboxylic acid groups (broad SMARTS) is 1. The van der Waals surface area contributed by atoms with Gasteiger partial charge in [-0.3, -0.25) is 14.6 Å². The molecule has 2 heterocycles. The maximum Gasteiger partial charge on any atom is 0.326 e. The van der Waals surface area contributed by atoms with Crippen molar-refractivity contribution in [1.82, 2.24) is 20.8 Å².